The lowest BCUT2D eigenvalue weighted by Crippen LogP contribution is -2.31. The van der Waals surface area contributed by atoms with Crippen molar-refractivity contribution < 1.29 is 14.3 Å². The average molecular weight is 439 g/mol. The Morgan fingerprint density at radius 3 is 2.61 bits per heavy atom. The third-order valence-electron chi connectivity index (χ3n) is 5.05. The Bertz CT molecular complexity index is 1140. The second kappa shape index (κ2) is 8.68. The number of amides is 1. The zero-order chi connectivity index (χ0) is 22.0. The molecule has 2 aromatic carbocycles. The van der Waals surface area contributed by atoms with Gasteiger partial charge in [0.25, 0.3) is 5.91 Å². The second-order valence-corrected chi connectivity index (χ2v) is 7.69. The Morgan fingerprint density at radius 1 is 1.16 bits per heavy atom. The number of tetrazole rings is 1. The number of hydrogen-bond acceptors (Lipinski definition) is 8. The van der Waals surface area contributed by atoms with Gasteiger partial charge in [-0.2, -0.15) is 4.68 Å². The molecular weight excluding hydrogens is 416 g/mol. The van der Waals surface area contributed by atoms with Crippen molar-refractivity contribution in [3.05, 3.63) is 59.3 Å². The van der Waals surface area contributed by atoms with E-state index in [9.17, 15) is 4.79 Å². The smallest absolute Gasteiger partial charge is 0.255 e. The lowest BCUT2D eigenvalue weighted by Gasteiger charge is -2.28. The Morgan fingerprint density at radius 2 is 1.94 bits per heavy atom. The van der Waals surface area contributed by atoms with Crippen LogP contribution in [0.15, 0.2) is 58.6 Å². The highest BCUT2D eigenvalue weighted by atomic mass is 32.2. The summed E-state index contributed by atoms with van der Waals surface area (Å²) in [7, 11) is 3.12. The summed E-state index contributed by atoms with van der Waals surface area (Å²) in [6.07, 6.45) is 2.02. The highest BCUT2D eigenvalue weighted by Crippen LogP contribution is 2.36. The van der Waals surface area contributed by atoms with Gasteiger partial charge in [-0.1, -0.05) is 17.2 Å². The highest BCUT2D eigenvalue weighted by Gasteiger charge is 2.34. The van der Waals surface area contributed by atoms with Crippen molar-refractivity contribution in [2.45, 2.75) is 17.9 Å². The lowest BCUT2D eigenvalue weighted by atomic mass is 9.95. The molecule has 10 heteroatoms. The molecule has 0 radical (unpaired) electrons. The molecule has 1 atom stereocenters. The maximum absolute atomic E-state index is 13.5. The van der Waals surface area contributed by atoms with Crippen molar-refractivity contribution in [1.29, 1.82) is 0 Å². The fourth-order valence-electron chi connectivity index (χ4n) is 3.49. The minimum Gasteiger partial charge on any atom is -0.497 e. The van der Waals surface area contributed by atoms with Gasteiger partial charge in [0.2, 0.25) is 5.95 Å². The highest BCUT2D eigenvalue weighted by molar-refractivity contribution is 7.98. The van der Waals surface area contributed by atoms with Crippen LogP contribution in [0.1, 0.15) is 18.5 Å². The van der Waals surface area contributed by atoms with E-state index in [0.717, 1.165) is 10.5 Å². The van der Waals surface area contributed by atoms with Gasteiger partial charge in [0, 0.05) is 16.7 Å². The fourth-order valence-corrected chi connectivity index (χ4v) is 3.90. The monoisotopic (exact) mass is 438 g/mol. The maximum Gasteiger partial charge on any atom is 0.255 e. The largest absolute Gasteiger partial charge is 0.497 e. The molecule has 1 unspecified atom stereocenters. The van der Waals surface area contributed by atoms with Crippen molar-refractivity contribution in [3.8, 4) is 11.5 Å². The van der Waals surface area contributed by atoms with Gasteiger partial charge in [-0.25, -0.2) is 0 Å². The summed E-state index contributed by atoms with van der Waals surface area (Å²) < 4.78 is 12.3. The minimum absolute atomic E-state index is 0.284. The normalized spacial score (nSPS) is 15.2. The number of methoxy groups -OCH3 is 2. The summed E-state index contributed by atoms with van der Waals surface area (Å²) in [5.41, 5.74) is 2.62. The van der Waals surface area contributed by atoms with E-state index < -0.39 is 6.04 Å². The van der Waals surface area contributed by atoms with E-state index in [1.165, 1.54) is 0 Å². The molecule has 0 fully saturated rings. The number of ether oxygens (including phenoxy) is 2. The number of nitrogens with zero attached hydrogens (tertiary/aromatic N) is 4. The van der Waals surface area contributed by atoms with Crippen molar-refractivity contribution >= 4 is 29.3 Å². The van der Waals surface area contributed by atoms with Crippen LogP contribution < -0.4 is 20.1 Å². The number of carbonyl (C=O) groups excluding carboxylic acids is 1. The molecule has 0 saturated heterocycles. The van der Waals surface area contributed by atoms with E-state index >= 15 is 0 Å². The van der Waals surface area contributed by atoms with Gasteiger partial charge >= 0.3 is 0 Å². The number of carbonyl (C=O) groups is 1. The predicted octanol–water partition coefficient (Wildman–Crippen LogP) is 3.34. The molecule has 31 heavy (non-hydrogen) atoms. The first-order valence-electron chi connectivity index (χ1n) is 9.48. The van der Waals surface area contributed by atoms with Crippen LogP contribution in [0.3, 0.4) is 0 Å². The van der Waals surface area contributed by atoms with E-state index in [1.807, 2.05) is 37.4 Å². The topological polar surface area (TPSA) is 103 Å². The molecular formula is C21H22N6O3S. The van der Waals surface area contributed by atoms with Crippen molar-refractivity contribution in [2.75, 3.05) is 31.1 Å². The van der Waals surface area contributed by atoms with Crippen molar-refractivity contribution in [2.24, 2.45) is 0 Å². The molecule has 160 valence electrons. The quantitative estimate of drug-likeness (QED) is 0.565. The van der Waals surface area contributed by atoms with Gasteiger partial charge in [0.15, 0.2) is 0 Å². The SMILES string of the molecule is COc1ccc(NC(=O)C2=C(C)Nc3nnnn3C2c2ccc(SC)cc2)c(OC)c1. The third-order valence-corrected chi connectivity index (χ3v) is 5.79. The van der Waals surface area contributed by atoms with Gasteiger partial charge in [-0.15, -0.1) is 11.8 Å². The Hall–Kier alpha value is -3.53. The first-order valence-corrected chi connectivity index (χ1v) is 10.7. The summed E-state index contributed by atoms with van der Waals surface area (Å²) in [4.78, 5) is 14.6. The number of aromatic nitrogens is 4. The van der Waals surface area contributed by atoms with Crippen LogP contribution in [0, 0.1) is 0 Å². The van der Waals surface area contributed by atoms with E-state index in [1.54, 1.807) is 48.9 Å². The van der Waals surface area contributed by atoms with E-state index in [2.05, 4.69) is 26.2 Å². The fraction of sp³-hybridized carbons (Fsp3) is 0.238. The first kappa shape index (κ1) is 20.7. The Kier molecular flexibility index (Phi) is 5.81. The van der Waals surface area contributed by atoms with Gasteiger partial charge < -0.3 is 20.1 Å². The Balaban J connectivity index is 1.73. The zero-order valence-corrected chi connectivity index (χ0v) is 18.4. The summed E-state index contributed by atoms with van der Waals surface area (Å²) in [5.74, 6) is 1.33. The molecule has 2 N–H and O–H groups in total. The van der Waals surface area contributed by atoms with Crippen LogP contribution in [0.4, 0.5) is 11.6 Å². The molecule has 4 rings (SSSR count). The Labute approximate surface area is 183 Å². The van der Waals surface area contributed by atoms with Gasteiger partial charge in [0.1, 0.15) is 17.5 Å². The second-order valence-electron chi connectivity index (χ2n) is 6.81. The number of benzene rings is 2. The molecule has 2 heterocycles. The molecule has 9 nitrogen and oxygen atoms in total. The minimum atomic E-state index is -0.480. The third kappa shape index (κ3) is 3.93. The number of fused-ring (bicyclic) bond motifs is 1. The summed E-state index contributed by atoms with van der Waals surface area (Å²) >= 11 is 1.65. The summed E-state index contributed by atoms with van der Waals surface area (Å²) in [6.45, 7) is 1.83. The number of thioether (sulfide) groups is 1. The van der Waals surface area contributed by atoms with Crippen molar-refractivity contribution in [1.82, 2.24) is 20.2 Å². The van der Waals surface area contributed by atoms with E-state index in [-0.39, 0.29) is 5.91 Å². The number of hydrogen-bond donors (Lipinski definition) is 2. The molecule has 0 saturated carbocycles. The first-order chi connectivity index (χ1) is 15.0. The van der Waals surface area contributed by atoms with E-state index in [4.69, 9.17) is 9.47 Å². The van der Waals surface area contributed by atoms with Crippen LogP contribution >= 0.6 is 11.8 Å². The molecule has 1 amide bonds. The van der Waals surface area contributed by atoms with Crippen LogP contribution in [0.25, 0.3) is 0 Å². The maximum atomic E-state index is 13.5. The molecule has 1 aromatic heterocycles. The lowest BCUT2D eigenvalue weighted by molar-refractivity contribution is -0.113. The molecule has 1 aliphatic heterocycles. The van der Waals surface area contributed by atoms with Crippen LogP contribution in [-0.2, 0) is 4.79 Å². The van der Waals surface area contributed by atoms with Crippen molar-refractivity contribution in [3.63, 3.8) is 0 Å². The molecule has 1 aliphatic rings. The number of rotatable bonds is 6. The van der Waals surface area contributed by atoms with E-state index in [0.29, 0.717) is 34.4 Å². The van der Waals surface area contributed by atoms with Crippen LogP contribution in [-0.4, -0.2) is 46.6 Å². The standard InChI is InChI=1S/C21H22N6O3S/c1-12-18(20(28)23-16-10-7-14(29-2)11-17(16)30-3)19(27-21(22-12)24-25-26-27)13-5-8-15(31-4)9-6-13/h5-11,19H,1-4H3,(H,23,28)(H,22,24,26). The van der Waals surface area contributed by atoms with Gasteiger partial charge in [-0.3, -0.25) is 4.79 Å². The summed E-state index contributed by atoms with van der Waals surface area (Å²) in [5, 5.41) is 18.0. The number of nitrogens with one attached hydrogen (secondary N) is 2. The average Bonchev–Trinajstić information content (AvgIpc) is 3.26. The molecule has 3 aromatic rings. The molecule has 0 spiro atoms. The van der Waals surface area contributed by atoms with Crippen LogP contribution in [0.2, 0.25) is 0 Å². The summed E-state index contributed by atoms with van der Waals surface area (Å²) in [6, 6.07) is 12.7. The number of allylic oxidation sites excluding steroid dienone is 1. The molecule has 0 bridgehead atoms. The van der Waals surface area contributed by atoms with Crippen LogP contribution in [0.5, 0.6) is 11.5 Å². The van der Waals surface area contributed by atoms with Gasteiger partial charge in [0.05, 0.1) is 25.5 Å². The van der Waals surface area contributed by atoms with Gasteiger partial charge in [-0.05, 0) is 53.4 Å². The molecule has 0 aliphatic carbocycles. The predicted molar refractivity (Wildman–Crippen MR) is 119 cm³/mol. The number of anilines is 2. The zero-order valence-electron chi connectivity index (χ0n) is 17.5.